The Hall–Kier alpha value is -2.16. The Morgan fingerprint density at radius 3 is 1.95 bits per heavy atom. The molecule has 3 aromatic carbocycles. The van der Waals surface area contributed by atoms with Gasteiger partial charge in [0.05, 0.1) is 0 Å². The molecule has 0 radical (unpaired) electrons. The van der Waals surface area contributed by atoms with Crippen LogP contribution in [0, 0.1) is 0 Å². The van der Waals surface area contributed by atoms with Crippen LogP contribution in [0.3, 0.4) is 0 Å². The first-order chi connectivity index (χ1) is 10.4. The summed E-state index contributed by atoms with van der Waals surface area (Å²) in [4.78, 5) is 0. The van der Waals surface area contributed by atoms with Crippen molar-refractivity contribution in [2.75, 3.05) is 0 Å². The molecule has 2 N–H and O–H groups in total. The minimum absolute atomic E-state index is 0.766. The molecule has 2 heteroatoms. The summed E-state index contributed by atoms with van der Waals surface area (Å²) in [6.45, 7) is 3.61. The second-order valence-corrected chi connectivity index (χ2v) is 6.40. The van der Waals surface area contributed by atoms with Gasteiger partial charge in [-0.2, -0.15) is 0 Å². The maximum absolute atomic E-state index is 11.3. The third kappa shape index (κ3) is 1.57. The molecule has 110 valence electrons. The number of aliphatic hydroxyl groups is 2. The van der Waals surface area contributed by atoms with E-state index in [-0.39, 0.29) is 0 Å². The summed E-state index contributed by atoms with van der Waals surface area (Å²) in [7, 11) is 0. The molecular formula is C20H18O2. The molecule has 0 saturated heterocycles. The van der Waals surface area contributed by atoms with Gasteiger partial charge in [0.15, 0.2) is 0 Å². The van der Waals surface area contributed by atoms with E-state index < -0.39 is 11.2 Å². The van der Waals surface area contributed by atoms with E-state index in [1.54, 1.807) is 6.92 Å². The molecule has 0 aliphatic heterocycles. The summed E-state index contributed by atoms with van der Waals surface area (Å²) in [6.07, 6.45) is 0. The van der Waals surface area contributed by atoms with Gasteiger partial charge in [0.25, 0.3) is 0 Å². The molecule has 1 aliphatic rings. The zero-order valence-electron chi connectivity index (χ0n) is 12.7. The van der Waals surface area contributed by atoms with Crippen LogP contribution < -0.4 is 0 Å². The lowest BCUT2D eigenvalue weighted by Crippen LogP contribution is -2.39. The van der Waals surface area contributed by atoms with Crippen LogP contribution in [0.4, 0.5) is 0 Å². The molecule has 2 unspecified atom stereocenters. The number of rotatable bonds is 0. The molecule has 0 aromatic heterocycles. The molecule has 2 nitrogen and oxygen atoms in total. The summed E-state index contributed by atoms with van der Waals surface area (Å²) >= 11 is 0. The van der Waals surface area contributed by atoms with Crippen LogP contribution in [-0.2, 0) is 11.2 Å². The number of hydrogen-bond donors (Lipinski definition) is 2. The topological polar surface area (TPSA) is 40.5 Å². The van der Waals surface area contributed by atoms with Gasteiger partial charge in [0.1, 0.15) is 11.2 Å². The zero-order chi connectivity index (χ0) is 15.5. The first kappa shape index (κ1) is 13.5. The van der Waals surface area contributed by atoms with E-state index in [0.717, 1.165) is 33.0 Å². The molecule has 0 fully saturated rings. The Morgan fingerprint density at radius 2 is 1.23 bits per heavy atom. The van der Waals surface area contributed by atoms with Crippen LogP contribution in [0.2, 0.25) is 0 Å². The number of fused-ring (bicyclic) bond motifs is 4. The van der Waals surface area contributed by atoms with Crippen molar-refractivity contribution in [3.05, 3.63) is 82.9 Å². The molecule has 2 atom stereocenters. The Bertz CT molecular complexity index is 891. The average molecular weight is 290 g/mol. The average Bonchev–Trinajstić information content (AvgIpc) is 2.52. The summed E-state index contributed by atoms with van der Waals surface area (Å²) in [5.74, 6) is 0. The molecule has 22 heavy (non-hydrogen) atoms. The van der Waals surface area contributed by atoms with Gasteiger partial charge in [0.2, 0.25) is 0 Å². The van der Waals surface area contributed by atoms with E-state index >= 15 is 0 Å². The minimum atomic E-state index is -1.13. The third-order valence-electron chi connectivity index (χ3n) is 4.92. The lowest BCUT2D eigenvalue weighted by Gasteiger charge is -2.42. The molecule has 4 rings (SSSR count). The van der Waals surface area contributed by atoms with Crippen LogP contribution in [0.1, 0.15) is 36.1 Å². The Labute approximate surface area is 129 Å². The summed E-state index contributed by atoms with van der Waals surface area (Å²) < 4.78 is 0. The fourth-order valence-corrected chi connectivity index (χ4v) is 3.81. The zero-order valence-corrected chi connectivity index (χ0v) is 12.7. The Kier molecular flexibility index (Phi) is 2.57. The normalized spacial score (nSPS) is 26.5. The summed E-state index contributed by atoms with van der Waals surface area (Å²) in [6, 6.07) is 19.5. The van der Waals surface area contributed by atoms with Gasteiger partial charge in [-0.1, -0.05) is 60.7 Å². The SMILES string of the molecule is CC1(O)c2ccccc2C(C)(O)c2c1ccc1ccccc21. The highest BCUT2D eigenvalue weighted by Gasteiger charge is 2.45. The third-order valence-corrected chi connectivity index (χ3v) is 4.92. The Morgan fingerprint density at radius 1 is 0.636 bits per heavy atom. The van der Waals surface area contributed by atoms with E-state index in [1.807, 2.05) is 67.6 Å². The van der Waals surface area contributed by atoms with E-state index in [2.05, 4.69) is 0 Å². The molecule has 1 aliphatic carbocycles. The molecular weight excluding hydrogens is 272 g/mol. The molecule has 0 bridgehead atoms. The van der Waals surface area contributed by atoms with Gasteiger partial charge < -0.3 is 10.2 Å². The standard InChI is InChI=1S/C20H18O2/c1-19(21)15-9-5-6-10-16(15)20(2,22)18-14-8-4-3-7-13(14)11-12-17(18)19/h3-12,21-22H,1-2H3. The van der Waals surface area contributed by atoms with Crippen LogP contribution in [0.5, 0.6) is 0 Å². The lowest BCUT2D eigenvalue weighted by molar-refractivity contribution is 0.0521. The Balaban J connectivity index is 2.19. The highest BCUT2D eigenvalue weighted by molar-refractivity contribution is 5.89. The highest BCUT2D eigenvalue weighted by Crippen LogP contribution is 2.49. The largest absolute Gasteiger partial charge is 0.381 e. The summed E-state index contributed by atoms with van der Waals surface area (Å²) in [5, 5.41) is 24.5. The van der Waals surface area contributed by atoms with Crippen molar-refractivity contribution in [1.82, 2.24) is 0 Å². The van der Waals surface area contributed by atoms with Gasteiger partial charge >= 0.3 is 0 Å². The van der Waals surface area contributed by atoms with Crippen molar-refractivity contribution in [3.8, 4) is 0 Å². The van der Waals surface area contributed by atoms with Crippen molar-refractivity contribution in [3.63, 3.8) is 0 Å². The highest BCUT2D eigenvalue weighted by atomic mass is 16.3. The summed E-state index contributed by atoms with van der Waals surface area (Å²) in [5.41, 5.74) is 0.864. The van der Waals surface area contributed by atoms with E-state index in [1.165, 1.54) is 0 Å². The molecule has 3 aromatic rings. The van der Waals surface area contributed by atoms with Crippen LogP contribution in [-0.4, -0.2) is 10.2 Å². The van der Waals surface area contributed by atoms with Gasteiger partial charge in [-0.25, -0.2) is 0 Å². The molecule has 0 saturated carbocycles. The van der Waals surface area contributed by atoms with Gasteiger partial charge in [0, 0.05) is 5.56 Å². The van der Waals surface area contributed by atoms with E-state index in [4.69, 9.17) is 0 Å². The molecule has 0 heterocycles. The van der Waals surface area contributed by atoms with E-state index in [9.17, 15) is 10.2 Å². The quantitative estimate of drug-likeness (QED) is 0.663. The van der Waals surface area contributed by atoms with Crippen LogP contribution >= 0.6 is 0 Å². The fourth-order valence-electron chi connectivity index (χ4n) is 3.81. The van der Waals surface area contributed by atoms with Crippen molar-refractivity contribution in [2.45, 2.75) is 25.0 Å². The van der Waals surface area contributed by atoms with Crippen LogP contribution in [0.15, 0.2) is 60.7 Å². The number of hydrogen-bond acceptors (Lipinski definition) is 2. The monoisotopic (exact) mass is 290 g/mol. The van der Waals surface area contributed by atoms with Gasteiger partial charge in [-0.3, -0.25) is 0 Å². The number of benzene rings is 3. The van der Waals surface area contributed by atoms with Crippen molar-refractivity contribution >= 4 is 10.8 Å². The van der Waals surface area contributed by atoms with Gasteiger partial charge in [-0.15, -0.1) is 0 Å². The maximum atomic E-state index is 11.3. The lowest BCUT2D eigenvalue weighted by atomic mass is 9.67. The smallest absolute Gasteiger partial charge is 0.113 e. The fraction of sp³-hybridized carbons (Fsp3) is 0.200. The van der Waals surface area contributed by atoms with Crippen molar-refractivity contribution in [1.29, 1.82) is 0 Å². The predicted octanol–water partition coefficient (Wildman–Crippen LogP) is 3.66. The van der Waals surface area contributed by atoms with Crippen molar-refractivity contribution < 1.29 is 10.2 Å². The first-order valence-electron chi connectivity index (χ1n) is 7.51. The van der Waals surface area contributed by atoms with Crippen LogP contribution in [0.25, 0.3) is 10.8 Å². The molecule has 0 amide bonds. The second-order valence-electron chi connectivity index (χ2n) is 6.40. The minimum Gasteiger partial charge on any atom is -0.381 e. The first-order valence-corrected chi connectivity index (χ1v) is 7.51. The second kappa shape index (κ2) is 4.19. The van der Waals surface area contributed by atoms with Gasteiger partial charge in [-0.05, 0) is 41.3 Å². The van der Waals surface area contributed by atoms with Crippen molar-refractivity contribution in [2.24, 2.45) is 0 Å². The molecule has 0 spiro atoms. The maximum Gasteiger partial charge on any atom is 0.113 e. The predicted molar refractivity (Wildman–Crippen MR) is 87.7 cm³/mol. The van der Waals surface area contributed by atoms with E-state index in [0.29, 0.717) is 0 Å².